The van der Waals surface area contributed by atoms with Crippen LogP contribution in [0.15, 0.2) is 29.2 Å². The number of hydrogen-bond donors (Lipinski definition) is 0. The summed E-state index contributed by atoms with van der Waals surface area (Å²) in [5.74, 6) is 0.000366. The average molecular weight is 301 g/mol. The number of methoxy groups -OCH3 is 1. The van der Waals surface area contributed by atoms with Gasteiger partial charge in [-0.15, -0.1) is 0 Å². The van der Waals surface area contributed by atoms with Crippen LogP contribution in [0.3, 0.4) is 0 Å². The van der Waals surface area contributed by atoms with Crippen LogP contribution in [0.2, 0.25) is 0 Å². The number of nitrogens with zero attached hydrogens (tertiary/aromatic N) is 1. The number of rotatable bonds is 7. The highest BCUT2D eigenvalue weighted by Gasteiger charge is 2.23. The van der Waals surface area contributed by atoms with Crippen molar-refractivity contribution in [3.8, 4) is 5.75 Å². The standard InChI is InChI=1S/C13H19NO5S/c1-4-9-19-11-5-7-12(8-6-11)20(16,17)14(2)10-13(15)18-3/h5-8H,4,9-10H2,1-3H3. The molecule has 6 nitrogen and oxygen atoms in total. The molecule has 1 rings (SSSR count). The number of carbonyl (C=O) groups excluding carboxylic acids is 1. The highest BCUT2D eigenvalue weighted by molar-refractivity contribution is 7.89. The Morgan fingerprint density at radius 2 is 1.85 bits per heavy atom. The molecule has 0 saturated carbocycles. The smallest absolute Gasteiger partial charge is 0.321 e. The second-order valence-electron chi connectivity index (χ2n) is 4.16. The largest absolute Gasteiger partial charge is 0.494 e. The van der Waals surface area contributed by atoms with Crippen molar-refractivity contribution in [2.75, 3.05) is 27.3 Å². The van der Waals surface area contributed by atoms with Crippen molar-refractivity contribution in [3.05, 3.63) is 24.3 Å². The molecule has 7 heteroatoms. The van der Waals surface area contributed by atoms with Gasteiger partial charge in [0.25, 0.3) is 0 Å². The van der Waals surface area contributed by atoms with E-state index in [0.29, 0.717) is 12.4 Å². The van der Waals surface area contributed by atoms with Crippen LogP contribution in [0.25, 0.3) is 0 Å². The summed E-state index contributed by atoms with van der Waals surface area (Å²) in [7, 11) is -1.17. The Morgan fingerprint density at radius 1 is 1.25 bits per heavy atom. The molecule has 0 aromatic heterocycles. The third-order valence-electron chi connectivity index (χ3n) is 2.58. The number of ether oxygens (including phenoxy) is 2. The quantitative estimate of drug-likeness (QED) is 0.709. The maximum absolute atomic E-state index is 12.2. The minimum absolute atomic E-state index is 0.104. The zero-order valence-corrected chi connectivity index (χ0v) is 12.6. The van der Waals surface area contributed by atoms with Gasteiger partial charge >= 0.3 is 5.97 Å². The predicted molar refractivity (Wildman–Crippen MR) is 74.1 cm³/mol. The van der Waals surface area contributed by atoms with E-state index in [1.165, 1.54) is 26.3 Å². The van der Waals surface area contributed by atoms with E-state index in [-0.39, 0.29) is 11.4 Å². The van der Waals surface area contributed by atoms with Gasteiger partial charge in [0, 0.05) is 7.05 Å². The molecule has 0 heterocycles. The van der Waals surface area contributed by atoms with E-state index in [2.05, 4.69) is 4.74 Å². The summed E-state index contributed by atoms with van der Waals surface area (Å²) in [6, 6.07) is 6.09. The van der Waals surface area contributed by atoms with Crippen LogP contribution >= 0.6 is 0 Å². The average Bonchev–Trinajstić information content (AvgIpc) is 2.45. The fraction of sp³-hybridized carbons (Fsp3) is 0.462. The van der Waals surface area contributed by atoms with Gasteiger partial charge in [0.05, 0.1) is 18.6 Å². The van der Waals surface area contributed by atoms with Crippen molar-refractivity contribution in [2.24, 2.45) is 0 Å². The molecule has 0 atom stereocenters. The molecule has 0 aliphatic carbocycles. The first kappa shape index (κ1) is 16.5. The minimum atomic E-state index is -3.70. The number of likely N-dealkylation sites (N-methyl/N-ethyl adjacent to an activating group) is 1. The molecule has 0 amide bonds. The second-order valence-corrected chi connectivity index (χ2v) is 6.20. The molecule has 0 spiro atoms. The van der Waals surface area contributed by atoms with Gasteiger partial charge in [0.1, 0.15) is 12.3 Å². The summed E-state index contributed by atoms with van der Waals surface area (Å²) < 4.78 is 35.2. The summed E-state index contributed by atoms with van der Waals surface area (Å²) in [5.41, 5.74) is 0. The molecule has 1 aromatic rings. The molecule has 20 heavy (non-hydrogen) atoms. The van der Waals surface area contributed by atoms with Gasteiger partial charge < -0.3 is 9.47 Å². The molecule has 0 saturated heterocycles. The summed E-state index contributed by atoms with van der Waals surface area (Å²) in [5, 5.41) is 0. The Morgan fingerprint density at radius 3 is 2.35 bits per heavy atom. The van der Waals surface area contributed by atoms with Crippen molar-refractivity contribution in [3.63, 3.8) is 0 Å². The van der Waals surface area contributed by atoms with Gasteiger partial charge in [-0.25, -0.2) is 8.42 Å². The number of hydrogen-bond acceptors (Lipinski definition) is 5. The van der Waals surface area contributed by atoms with E-state index in [0.717, 1.165) is 10.7 Å². The molecule has 0 unspecified atom stereocenters. The minimum Gasteiger partial charge on any atom is -0.494 e. The molecule has 0 aliphatic heterocycles. The number of sulfonamides is 1. The lowest BCUT2D eigenvalue weighted by atomic mass is 10.3. The van der Waals surface area contributed by atoms with Crippen molar-refractivity contribution < 1.29 is 22.7 Å². The normalized spacial score (nSPS) is 11.4. The van der Waals surface area contributed by atoms with Crippen LogP contribution in [-0.4, -0.2) is 46.0 Å². The second kappa shape index (κ2) is 7.25. The zero-order chi connectivity index (χ0) is 15.2. The lowest BCUT2D eigenvalue weighted by Crippen LogP contribution is -2.32. The highest BCUT2D eigenvalue weighted by atomic mass is 32.2. The van der Waals surface area contributed by atoms with Gasteiger partial charge in [-0.1, -0.05) is 6.92 Å². The highest BCUT2D eigenvalue weighted by Crippen LogP contribution is 2.18. The summed E-state index contributed by atoms with van der Waals surface area (Å²) in [4.78, 5) is 11.2. The van der Waals surface area contributed by atoms with Crippen molar-refractivity contribution in [1.29, 1.82) is 0 Å². The predicted octanol–water partition coefficient (Wildman–Crippen LogP) is 1.27. The Balaban J connectivity index is 2.84. The molecule has 0 bridgehead atoms. The van der Waals surface area contributed by atoms with Gasteiger partial charge in [0.2, 0.25) is 10.0 Å². The lowest BCUT2D eigenvalue weighted by molar-refractivity contribution is -0.140. The fourth-order valence-corrected chi connectivity index (χ4v) is 2.55. The molecule has 0 radical (unpaired) electrons. The van der Waals surface area contributed by atoms with Gasteiger partial charge in [-0.3, -0.25) is 4.79 Å². The van der Waals surface area contributed by atoms with E-state index in [9.17, 15) is 13.2 Å². The van der Waals surface area contributed by atoms with Gasteiger partial charge in [-0.05, 0) is 30.7 Å². The molecule has 1 aromatic carbocycles. The zero-order valence-electron chi connectivity index (χ0n) is 11.8. The van der Waals surface area contributed by atoms with Crippen molar-refractivity contribution in [2.45, 2.75) is 18.2 Å². The molecule has 0 N–H and O–H groups in total. The van der Waals surface area contributed by atoms with Crippen LogP contribution in [0.1, 0.15) is 13.3 Å². The molecule has 112 valence electrons. The molecular formula is C13H19NO5S. The Kier molecular flexibility index (Phi) is 5.97. The third-order valence-corrected chi connectivity index (χ3v) is 4.40. The van der Waals surface area contributed by atoms with E-state index in [1.54, 1.807) is 12.1 Å². The molecule has 0 aliphatic rings. The number of esters is 1. The van der Waals surface area contributed by atoms with Gasteiger partial charge in [0.15, 0.2) is 0 Å². The summed E-state index contributed by atoms with van der Waals surface area (Å²) >= 11 is 0. The maximum atomic E-state index is 12.2. The Labute approximate surface area is 119 Å². The summed E-state index contributed by atoms with van der Waals surface area (Å²) in [6.07, 6.45) is 0.877. The molecule has 0 fully saturated rings. The molecular weight excluding hydrogens is 282 g/mol. The van der Waals surface area contributed by atoms with Crippen LogP contribution < -0.4 is 4.74 Å². The lowest BCUT2D eigenvalue weighted by Gasteiger charge is -2.16. The van der Waals surface area contributed by atoms with Crippen molar-refractivity contribution in [1.82, 2.24) is 4.31 Å². The van der Waals surface area contributed by atoms with E-state index in [1.807, 2.05) is 6.92 Å². The van der Waals surface area contributed by atoms with Crippen LogP contribution in [0.5, 0.6) is 5.75 Å². The van der Waals surface area contributed by atoms with Crippen LogP contribution in [0.4, 0.5) is 0 Å². The van der Waals surface area contributed by atoms with E-state index < -0.39 is 16.0 Å². The third kappa shape index (κ3) is 4.21. The SMILES string of the molecule is CCCOc1ccc(S(=O)(=O)N(C)CC(=O)OC)cc1. The first-order valence-electron chi connectivity index (χ1n) is 6.17. The maximum Gasteiger partial charge on any atom is 0.321 e. The number of carbonyl (C=O) groups is 1. The van der Waals surface area contributed by atoms with Crippen molar-refractivity contribution >= 4 is 16.0 Å². The van der Waals surface area contributed by atoms with Crippen LogP contribution in [-0.2, 0) is 19.6 Å². The van der Waals surface area contributed by atoms with Crippen LogP contribution in [0, 0.1) is 0 Å². The Bertz CT molecular complexity index is 538. The Hall–Kier alpha value is -1.60. The van der Waals surface area contributed by atoms with E-state index in [4.69, 9.17) is 4.74 Å². The number of benzene rings is 1. The first-order chi connectivity index (χ1) is 9.41. The van der Waals surface area contributed by atoms with E-state index >= 15 is 0 Å². The topological polar surface area (TPSA) is 72.9 Å². The fourth-order valence-electron chi connectivity index (χ4n) is 1.44. The first-order valence-corrected chi connectivity index (χ1v) is 7.61. The van der Waals surface area contributed by atoms with Gasteiger partial charge in [-0.2, -0.15) is 4.31 Å². The monoisotopic (exact) mass is 301 g/mol. The summed E-state index contributed by atoms with van der Waals surface area (Å²) in [6.45, 7) is 2.24.